The smallest absolute Gasteiger partial charge is 0.262 e. The molecule has 0 spiro atoms. The third kappa shape index (κ3) is 2.67. The van der Waals surface area contributed by atoms with Crippen LogP contribution in [0.1, 0.15) is 11.6 Å². The lowest BCUT2D eigenvalue weighted by atomic mass is 10.1. The number of benzene rings is 2. The summed E-state index contributed by atoms with van der Waals surface area (Å²) in [6.07, 6.45) is -0.625. The van der Waals surface area contributed by atoms with Gasteiger partial charge in [0.05, 0.1) is 16.7 Å². The molecule has 0 aliphatic carbocycles. The van der Waals surface area contributed by atoms with E-state index < -0.39 is 22.0 Å². The number of amides is 1. The summed E-state index contributed by atoms with van der Waals surface area (Å²) < 4.78 is 30.2. The van der Waals surface area contributed by atoms with Crippen LogP contribution in [-0.4, -0.2) is 31.9 Å². The van der Waals surface area contributed by atoms with E-state index in [-0.39, 0.29) is 11.7 Å². The third-order valence-corrected chi connectivity index (χ3v) is 7.06. The number of nitrogens with one attached hydrogen (secondary N) is 1. The molecule has 1 N–H and O–H groups in total. The second-order valence-electron chi connectivity index (χ2n) is 5.74. The van der Waals surface area contributed by atoms with E-state index in [9.17, 15) is 13.2 Å². The van der Waals surface area contributed by atoms with Gasteiger partial charge in [0.25, 0.3) is 5.91 Å². The van der Waals surface area contributed by atoms with Gasteiger partial charge in [0.1, 0.15) is 5.75 Å². The summed E-state index contributed by atoms with van der Waals surface area (Å²) >= 11 is 1.56. The largest absolute Gasteiger partial charge is 0.479 e. The molecular weight excluding hydrogens is 346 g/mol. The van der Waals surface area contributed by atoms with Crippen molar-refractivity contribution in [3.05, 3.63) is 54.1 Å². The van der Waals surface area contributed by atoms with Crippen LogP contribution < -0.4 is 10.1 Å². The summed E-state index contributed by atoms with van der Waals surface area (Å²) in [6.45, 7) is 0. The number of carbonyl (C=O) groups excluding carboxylic acids is 1. The van der Waals surface area contributed by atoms with Gasteiger partial charge in [0, 0.05) is 10.6 Å². The van der Waals surface area contributed by atoms with Crippen LogP contribution in [0.2, 0.25) is 0 Å². The van der Waals surface area contributed by atoms with E-state index in [1.165, 1.54) is 0 Å². The topological polar surface area (TPSA) is 72.5 Å². The van der Waals surface area contributed by atoms with Gasteiger partial charge >= 0.3 is 0 Å². The zero-order valence-corrected chi connectivity index (χ0v) is 14.3. The Balaban J connectivity index is 1.52. The van der Waals surface area contributed by atoms with Crippen LogP contribution in [0.4, 0.5) is 0 Å². The molecule has 2 atom stereocenters. The zero-order valence-electron chi connectivity index (χ0n) is 12.6. The molecule has 0 unspecified atom stereocenters. The van der Waals surface area contributed by atoms with Crippen LogP contribution in [0.15, 0.2) is 58.3 Å². The monoisotopic (exact) mass is 361 g/mol. The van der Waals surface area contributed by atoms with Crippen LogP contribution >= 0.6 is 11.8 Å². The van der Waals surface area contributed by atoms with Crippen LogP contribution in [0.5, 0.6) is 5.75 Å². The third-order valence-electron chi connectivity index (χ3n) is 4.13. The van der Waals surface area contributed by atoms with Gasteiger partial charge < -0.3 is 10.1 Å². The molecule has 124 valence electrons. The minimum atomic E-state index is -3.34. The van der Waals surface area contributed by atoms with Gasteiger partial charge in [-0.3, -0.25) is 4.79 Å². The first-order chi connectivity index (χ1) is 11.5. The molecule has 4 rings (SSSR count). The number of fused-ring (bicyclic) bond motifs is 2. The zero-order chi connectivity index (χ0) is 16.7. The minimum absolute atomic E-state index is 0.103. The van der Waals surface area contributed by atoms with Gasteiger partial charge in [0.15, 0.2) is 15.9 Å². The van der Waals surface area contributed by atoms with Gasteiger partial charge in [-0.25, -0.2) is 8.42 Å². The molecule has 2 aliphatic rings. The number of hydrogen-bond acceptors (Lipinski definition) is 5. The van der Waals surface area contributed by atoms with Crippen molar-refractivity contribution in [2.75, 3.05) is 11.5 Å². The number of thioether (sulfide) groups is 1. The molecule has 1 amide bonds. The summed E-state index contributed by atoms with van der Waals surface area (Å²) in [5, 5.41) is 2.83. The van der Waals surface area contributed by atoms with E-state index in [0.717, 1.165) is 4.90 Å². The van der Waals surface area contributed by atoms with E-state index in [1.54, 1.807) is 36.0 Å². The van der Waals surface area contributed by atoms with Gasteiger partial charge in [-0.1, -0.05) is 30.3 Å². The predicted molar refractivity (Wildman–Crippen MR) is 91.0 cm³/mol. The highest BCUT2D eigenvalue weighted by Crippen LogP contribution is 2.36. The van der Waals surface area contributed by atoms with E-state index in [0.29, 0.717) is 22.0 Å². The van der Waals surface area contributed by atoms with Crippen molar-refractivity contribution in [3.8, 4) is 5.75 Å². The number of hydrogen-bond donors (Lipinski definition) is 1. The first-order valence-corrected chi connectivity index (χ1v) is 10.2. The van der Waals surface area contributed by atoms with Gasteiger partial charge in [0.2, 0.25) is 0 Å². The second-order valence-corrected chi connectivity index (χ2v) is 8.81. The Morgan fingerprint density at radius 3 is 2.75 bits per heavy atom. The summed E-state index contributed by atoms with van der Waals surface area (Å²) in [7, 11) is -3.34. The van der Waals surface area contributed by atoms with Crippen molar-refractivity contribution in [2.24, 2.45) is 0 Å². The first kappa shape index (κ1) is 15.5. The predicted octanol–water partition coefficient (Wildman–Crippen LogP) is 2.18. The Hall–Kier alpha value is -1.99. The van der Waals surface area contributed by atoms with Crippen molar-refractivity contribution in [1.82, 2.24) is 5.32 Å². The Kier molecular flexibility index (Phi) is 3.77. The fourth-order valence-corrected chi connectivity index (χ4v) is 5.70. The standard InChI is InChI=1S/C17H15NO4S2/c19-17(14-9-23-15-7-3-2-6-13(15)22-14)18-12-10-24(20,21)16-8-4-1-5-11(12)16/h1-8,12,14H,9-10H2,(H,18,19)/t12-,14+/m0/s1. The molecule has 5 nitrogen and oxygen atoms in total. The van der Waals surface area contributed by atoms with Crippen molar-refractivity contribution in [3.63, 3.8) is 0 Å². The molecule has 24 heavy (non-hydrogen) atoms. The second kappa shape index (κ2) is 5.82. The number of sulfone groups is 1. The van der Waals surface area contributed by atoms with E-state index in [1.807, 2.05) is 24.3 Å². The molecule has 0 radical (unpaired) electrons. The average molecular weight is 361 g/mol. The molecule has 2 aromatic carbocycles. The molecule has 0 fully saturated rings. The van der Waals surface area contributed by atoms with E-state index >= 15 is 0 Å². The highest BCUT2D eigenvalue weighted by molar-refractivity contribution is 7.99. The number of ether oxygens (including phenoxy) is 1. The van der Waals surface area contributed by atoms with Crippen molar-refractivity contribution < 1.29 is 17.9 Å². The number of carbonyl (C=O) groups is 1. The molecular formula is C17H15NO4S2. The molecule has 2 aromatic rings. The summed E-state index contributed by atoms with van der Waals surface area (Å²) in [5.41, 5.74) is 0.648. The van der Waals surface area contributed by atoms with Crippen molar-refractivity contribution in [1.29, 1.82) is 0 Å². The quantitative estimate of drug-likeness (QED) is 0.888. The average Bonchev–Trinajstić information content (AvgIpc) is 2.85. The number of rotatable bonds is 2. The van der Waals surface area contributed by atoms with Crippen molar-refractivity contribution >= 4 is 27.5 Å². The Morgan fingerprint density at radius 1 is 1.12 bits per heavy atom. The van der Waals surface area contributed by atoms with Crippen LogP contribution in [0, 0.1) is 0 Å². The fraction of sp³-hybridized carbons (Fsp3) is 0.235. The Morgan fingerprint density at radius 2 is 1.88 bits per heavy atom. The maximum atomic E-state index is 12.5. The highest BCUT2D eigenvalue weighted by Gasteiger charge is 2.37. The molecule has 2 heterocycles. The molecule has 7 heteroatoms. The Bertz CT molecular complexity index is 910. The lowest BCUT2D eigenvalue weighted by molar-refractivity contribution is -0.127. The summed E-state index contributed by atoms with van der Waals surface area (Å²) in [5.74, 6) is 0.806. The molecule has 0 saturated carbocycles. The fourth-order valence-electron chi connectivity index (χ4n) is 2.98. The molecule has 0 bridgehead atoms. The maximum absolute atomic E-state index is 12.5. The molecule has 0 aromatic heterocycles. The Labute approximate surface area is 144 Å². The minimum Gasteiger partial charge on any atom is -0.479 e. The maximum Gasteiger partial charge on any atom is 0.262 e. The SMILES string of the molecule is O=C(N[C@H]1CS(=O)(=O)c2ccccc21)[C@H]1CSc2ccccc2O1. The lowest BCUT2D eigenvalue weighted by Crippen LogP contribution is -2.43. The van der Waals surface area contributed by atoms with Gasteiger partial charge in [-0.2, -0.15) is 0 Å². The van der Waals surface area contributed by atoms with Crippen LogP contribution in [0.25, 0.3) is 0 Å². The number of para-hydroxylation sites is 1. The van der Waals surface area contributed by atoms with Crippen LogP contribution in [0.3, 0.4) is 0 Å². The van der Waals surface area contributed by atoms with E-state index in [2.05, 4.69) is 5.32 Å². The molecule has 2 aliphatic heterocycles. The lowest BCUT2D eigenvalue weighted by Gasteiger charge is -2.26. The summed E-state index contributed by atoms with van der Waals surface area (Å²) in [6, 6.07) is 13.8. The van der Waals surface area contributed by atoms with E-state index in [4.69, 9.17) is 4.74 Å². The van der Waals surface area contributed by atoms with Gasteiger partial charge in [-0.15, -0.1) is 11.8 Å². The normalized spacial score (nSPS) is 23.7. The highest BCUT2D eigenvalue weighted by atomic mass is 32.2. The molecule has 0 saturated heterocycles. The summed E-state index contributed by atoms with van der Waals surface area (Å²) in [4.78, 5) is 13.9. The van der Waals surface area contributed by atoms with Gasteiger partial charge in [-0.05, 0) is 23.8 Å². The first-order valence-electron chi connectivity index (χ1n) is 7.55. The van der Waals surface area contributed by atoms with Crippen molar-refractivity contribution in [2.45, 2.75) is 21.9 Å². The van der Waals surface area contributed by atoms with Crippen LogP contribution in [-0.2, 0) is 14.6 Å².